The van der Waals surface area contributed by atoms with Crippen LogP contribution in [0.25, 0.3) is 0 Å². The number of halogens is 1. The molecule has 2 rings (SSSR count). The van der Waals surface area contributed by atoms with Gasteiger partial charge in [0.25, 0.3) is 0 Å². The molecule has 0 saturated carbocycles. The molecule has 0 aliphatic carbocycles. The van der Waals surface area contributed by atoms with E-state index in [1.165, 1.54) is 18.2 Å². The average molecular weight is 309 g/mol. The smallest absolute Gasteiger partial charge is 0.240 e. The zero-order valence-electron chi connectivity index (χ0n) is 11.4. The van der Waals surface area contributed by atoms with Crippen LogP contribution in [0.1, 0.15) is 18.5 Å². The van der Waals surface area contributed by atoms with Crippen LogP contribution in [0.15, 0.2) is 47.4 Å². The fourth-order valence-electron chi connectivity index (χ4n) is 1.96. The Labute approximate surface area is 122 Å². The van der Waals surface area contributed by atoms with Crippen LogP contribution in [0.5, 0.6) is 0 Å². The lowest BCUT2D eigenvalue weighted by Crippen LogP contribution is -2.16. The fourth-order valence-corrected chi connectivity index (χ4v) is 2.70. The van der Waals surface area contributed by atoms with Crippen molar-refractivity contribution >= 4 is 21.4 Å². The Morgan fingerprint density at radius 3 is 2.33 bits per heavy atom. The Balaban J connectivity index is 2.33. The maximum absolute atomic E-state index is 12.9. The van der Waals surface area contributed by atoms with Gasteiger partial charge in [-0.15, -0.1) is 0 Å². The van der Waals surface area contributed by atoms with Crippen molar-refractivity contribution in [2.24, 2.45) is 5.14 Å². The van der Waals surface area contributed by atoms with Crippen molar-refractivity contribution in [2.45, 2.75) is 17.9 Å². The summed E-state index contributed by atoms with van der Waals surface area (Å²) in [6, 6.07) is 10.1. The van der Waals surface area contributed by atoms with Crippen LogP contribution < -0.4 is 16.2 Å². The summed E-state index contributed by atoms with van der Waals surface area (Å²) in [7, 11) is -3.89. The lowest BCUT2D eigenvalue weighted by atomic mass is 10.1. The Hall–Kier alpha value is -2.12. The third-order valence-corrected chi connectivity index (χ3v) is 4.01. The van der Waals surface area contributed by atoms with Gasteiger partial charge in [0.15, 0.2) is 0 Å². The highest BCUT2D eigenvalue weighted by atomic mass is 32.2. The van der Waals surface area contributed by atoms with Gasteiger partial charge in [-0.3, -0.25) is 0 Å². The zero-order chi connectivity index (χ0) is 15.6. The SMILES string of the molecule is CC(Nc1ccc(N)cc1S(N)(=O)=O)c1ccc(F)cc1. The summed E-state index contributed by atoms with van der Waals surface area (Å²) in [5.41, 5.74) is 7.06. The van der Waals surface area contributed by atoms with Gasteiger partial charge in [0.2, 0.25) is 10.0 Å². The number of sulfonamides is 1. The third kappa shape index (κ3) is 3.71. The predicted octanol–water partition coefficient (Wildman–Crippen LogP) is 2.23. The van der Waals surface area contributed by atoms with Gasteiger partial charge >= 0.3 is 0 Å². The summed E-state index contributed by atoms with van der Waals surface area (Å²) >= 11 is 0. The van der Waals surface area contributed by atoms with E-state index in [9.17, 15) is 12.8 Å². The zero-order valence-corrected chi connectivity index (χ0v) is 12.2. The highest BCUT2D eigenvalue weighted by molar-refractivity contribution is 7.89. The molecule has 112 valence electrons. The van der Waals surface area contributed by atoms with Crippen LogP contribution in [0.4, 0.5) is 15.8 Å². The van der Waals surface area contributed by atoms with Crippen molar-refractivity contribution in [2.75, 3.05) is 11.1 Å². The predicted molar refractivity (Wildman–Crippen MR) is 80.7 cm³/mol. The number of primary sulfonamides is 1. The van der Waals surface area contributed by atoms with Gasteiger partial charge in [0.05, 0.1) is 5.69 Å². The van der Waals surface area contributed by atoms with E-state index in [4.69, 9.17) is 10.9 Å². The van der Waals surface area contributed by atoms with Gasteiger partial charge in [-0.25, -0.2) is 17.9 Å². The molecule has 0 fully saturated rings. The van der Waals surface area contributed by atoms with Crippen molar-refractivity contribution in [3.63, 3.8) is 0 Å². The minimum atomic E-state index is -3.89. The van der Waals surface area contributed by atoms with Crippen LogP contribution >= 0.6 is 0 Å². The molecule has 0 aliphatic rings. The van der Waals surface area contributed by atoms with Crippen LogP contribution in [0.3, 0.4) is 0 Å². The Morgan fingerprint density at radius 1 is 1.14 bits per heavy atom. The Morgan fingerprint density at radius 2 is 1.76 bits per heavy atom. The molecule has 21 heavy (non-hydrogen) atoms. The van der Waals surface area contributed by atoms with E-state index in [1.54, 1.807) is 24.3 Å². The number of anilines is 2. The summed E-state index contributed by atoms with van der Waals surface area (Å²) in [5.74, 6) is -0.330. The molecule has 0 saturated heterocycles. The summed E-state index contributed by atoms with van der Waals surface area (Å²) in [6.07, 6.45) is 0. The number of hydrogen-bond donors (Lipinski definition) is 3. The van der Waals surface area contributed by atoms with Gasteiger partial charge in [0, 0.05) is 11.7 Å². The molecule has 7 heteroatoms. The van der Waals surface area contributed by atoms with Crippen molar-refractivity contribution in [3.05, 3.63) is 53.8 Å². The lowest BCUT2D eigenvalue weighted by molar-refractivity contribution is 0.598. The van der Waals surface area contributed by atoms with E-state index < -0.39 is 10.0 Å². The third-order valence-electron chi connectivity index (χ3n) is 3.05. The molecular weight excluding hydrogens is 293 g/mol. The number of hydrogen-bond acceptors (Lipinski definition) is 4. The molecule has 2 aromatic rings. The maximum Gasteiger partial charge on any atom is 0.240 e. The largest absolute Gasteiger partial charge is 0.399 e. The molecule has 0 heterocycles. The molecule has 1 atom stereocenters. The molecule has 0 bridgehead atoms. The highest BCUT2D eigenvalue weighted by Crippen LogP contribution is 2.27. The van der Waals surface area contributed by atoms with E-state index in [0.717, 1.165) is 5.56 Å². The van der Waals surface area contributed by atoms with Gasteiger partial charge in [0.1, 0.15) is 10.7 Å². The molecule has 5 nitrogen and oxygen atoms in total. The number of nitrogen functional groups attached to an aromatic ring is 1. The Bertz CT molecular complexity index is 745. The van der Waals surface area contributed by atoms with E-state index in [-0.39, 0.29) is 16.8 Å². The first-order valence-corrected chi connectivity index (χ1v) is 7.76. The molecule has 0 spiro atoms. The summed E-state index contributed by atoms with van der Waals surface area (Å²) in [4.78, 5) is -0.0727. The molecule has 1 unspecified atom stereocenters. The fraction of sp³-hybridized carbons (Fsp3) is 0.143. The minimum absolute atomic E-state index is 0.0727. The van der Waals surface area contributed by atoms with Crippen molar-refractivity contribution in [3.8, 4) is 0 Å². The monoisotopic (exact) mass is 309 g/mol. The first kappa shape index (κ1) is 15.3. The quantitative estimate of drug-likeness (QED) is 0.754. The number of nitrogens with one attached hydrogen (secondary N) is 1. The second-order valence-electron chi connectivity index (χ2n) is 4.72. The van der Waals surface area contributed by atoms with E-state index in [0.29, 0.717) is 11.4 Å². The average Bonchev–Trinajstić information content (AvgIpc) is 2.40. The molecule has 0 aliphatic heterocycles. The second-order valence-corrected chi connectivity index (χ2v) is 6.25. The first-order valence-electron chi connectivity index (χ1n) is 6.21. The second kappa shape index (κ2) is 5.71. The van der Waals surface area contributed by atoms with Gasteiger partial charge < -0.3 is 11.1 Å². The molecule has 5 N–H and O–H groups in total. The summed E-state index contributed by atoms with van der Waals surface area (Å²) in [6.45, 7) is 1.83. The Kier molecular flexibility index (Phi) is 4.15. The minimum Gasteiger partial charge on any atom is -0.399 e. The van der Waals surface area contributed by atoms with E-state index in [1.807, 2.05) is 6.92 Å². The highest BCUT2D eigenvalue weighted by Gasteiger charge is 2.16. The summed E-state index contributed by atoms with van der Waals surface area (Å²) in [5, 5.41) is 8.23. The summed E-state index contributed by atoms with van der Waals surface area (Å²) < 4.78 is 36.1. The molecule has 0 radical (unpaired) electrons. The molecule has 0 amide bonds. The standard InChI is InChI=1S/C14H16FN3O2S/c1-9(10-2-4-11(15)5-3-10)18-13-7-6-12(16)8-14(13)21(17,19)20/h2-9,18H,16H2,1H3,(H2,17,19,20). The van der Waals surface area contributed by atoms with Crippen LogP contribution in [0, 0.1) is 5.82 Å². The first-order chi connectivity index (χ1) is 9.77. The van der Waals surface area contributed by atoms with Crippen molar-refractivity contribution in [1.29, 1.82) is 0 Å². The van der Waals surface area contributed by atoms with Gasteiger partial charge in [-0.1, -0.05) is 12.1 Å². The van der Waals surface area contributed by atoms with Crippen LogP contribution in [0.2, 0.25) is 0 Å². The number of rotatable bonds is 4. The van der Waals surface area contributed by atoms with Crippen molar-refractivity contribution in [1.82, 2.24) is 0 Å². The van der Waals surface area contributed by atoms with E-state index >= 15 is 0 Å². The maximum atomic E-state index is 12.9. The lowest BCUT2D eigenvalue weighted by Gasteiger charge is -2.18. The molecule has 2 aromatic carbocycles. The number of benzene rings is 2. The molecular formula is C14H16FN3O2S. The van der Waals surface area contributed by atoms with Crippen LogP contribution in [-0.4, -0.2) is 8.42 Å². The number of nitrogens with two attached hydrogens (primary N) is 2. The van der Waals surface area contributed by atoms with Crippen molar-refractivity contribution < 1.29 is 12.8 Å². The van der Waals surface area contributed by atoms with Gasteiger partial charge in [-0.2, -0.15) is 0 Å². The normalized spacial score (nSPS) is 12.9. The topological polar surface area (TPSA) is 98.2 Å². The van der Waals surface area contributed by atoms with E-state index in [2.05, 4.69) is 5.32 Å². The van der Waals surface area contributed by atoms with Gasteiger partial charge in [-0.05, 0) is 42.8 Å². The molecule has 0 aromatic heterocycles. The van der Waals surface area contributed by atoms with Crippen LogP contribution in [-0.2, 0) is 10.0 Å².